The molecule has 0 aliphatic carbocycles. The van der Waals surface area contributed by atoms with Crippen LogP contribution in [0.25, 0.3) is 4.83 Å². The summed E-state index contributed by atoms with van der Waals surface area (Å²) in [6.45, 7) is 2.42. The summed E-state index contributed by atoms with van der Waals surface area (Å²) in [6.07, 6.45) is 4.80. The van der Waals surface area contributed by atoms with Crippen LogP contribution in [-0.2, 0) is 32.2 Å². The van der Waals surface area contributed by atoms with E-state index in [1.807, 2.05) is 17.1 Å². The molecule has 1 saturated heterocycles. The Morgan fingerprint density at radius 2 is 2.19 bits per heavy atom. The van der Waals surface area contributed by atoms with Crippen molar-refractivity contribution in [3.05, 3.63) is 45.9 Å². The molecule has 4 N–H and O–H groups in total. The summed E-state index contributed by atoms with van der Waals surface area (Å²) in [4.78, 5) is 49.3. The smallest absolute Gasteiger partial charge is 0.352 e. The molecule has 1 fully saturated rings. The molecular formula is C21H22N7O5S3+. The van der Waals surface area contributed by atoms with Gasteiger partial charge in [0.2, 0.25) is 11.2 Å². The van der Waals surface area contributed by atoms with Crippen molar-refractivity contribution in [3.8, 4) is 0 Å². The number of aryl methyl sites for hydroxylation is 1. The van der Waals surface area contributed by atoms with E-state index >= 15 is 0 Å². The predicted octanol–water partition coefficient (Wildman–Crippen LogP) is 0.679. The van der Waals surface area contributed by atoms with Gasteiger partial charge in [0.1, 0.15) is 48.4 Å². The van der Waals surface area contributed by atoms with Gasteiger partial charge in [0, 0.05) is 28.5 Å². The number of thiazole rings is 2. The van der Waals surface area contributed by atoms with E-state index in [4.69, 9.17) is 10.6 Å². The van der Waals surface area contributed by atoms with E-state index in [-0.39, 0.29) is 22.2 Å². The molecule has 2 aliphatic rings. The van der Waals surface area contributed by atoms with Crippen LogP contribution in [0.1, 0.15) is 18.3 Å². The van der Waals surface area contributed by atoms with E-state index < -0.39 is 29.2 Å². The number of amides is 2. The first-order chi connectivity index (χ1) is 17.3. The lowest BCUT2D eigenvalue weighted by Gasteiger charge is -2.49. The maximum atomic E-state index is 13.0. The van der Waals surface area contributed by atoms with Crippen LogP contribution in [0, 0.1) is 0 Å². The molecule has 2 amide bonds. The maximum absolute atomic E-state index is 13.0. The number of carboxylic acid groups (broad SMARTS) is 1. The monoisotopic (exact) mass is 548 g/mol. The molecular weight excluding hydrogens is 526 g/mol. The number of carboxylic acids is 1. The van der Waals surface area contributed by atoms with E-state index in [1.54, 1.807) is 16.7 Å². The van der Waals surface area contributed by atoms with E-state index in [9.17, 15) is 19.5 Å². The van der Waals surface area contributed by atoms with Crippen molar-refractivity contribution in [2.24, 2.45) is 5.16 Å². The molecule has 3 aromatic heterocycles. The Morgan fingerprint density at radius 1 is 1.39 bits per heavy atom. The zero-order valence-corrected chi connectivity index (χ0v) is 21.7. The number of hydrogen-bond acceptors (Lipinski definition) is 10. The predicted molar refractivity (Wildman–Crippen MR) is 135 cm³/mol. The van der Waals surface area contributed by atoms with E-state index in [2.05, 4.69) is 32.2 Å². The normalized spacial score (nSPS) is 19.9. The molecule has 188 valence electrons. The minimum absolute atomic E-state index is 0.0370. The van der Waals surface area contributed by atoms with Crippen LogP contribution in [0.4, 0.5) is 5.13 Å². The summed E-state index contributed by atoms with van der Waals surface area (Å²) in [6, 6.07) is -0.906. The lowest BCUT2D eigenvalue weighted by molar-refractivity contribution is -0.687. The van der Waals surface area contributed by atoms with Crippen LogP contribution in [-0.4, -0.2) is 67.2 Å². The van der Waals surface area contributed by atoms with Crippen LogP contribution in [0.2, 0.25) is 0 Å². The van der Waals surface area contributed by atoms with Gasteiger partial charge >= 0.3 is 5.97 Å². The summed E-state index contributed by atoms with van der Waals surface area (Å²) >= 11 is 4.16. The van der Waals surface area contributed by atoms with Crippen LogP contribution in [0.15, 0.2) is 39.7 Å². The van der Waals surface area contributed by atoms with Gasteiger partial charge in [-0.25, -0.2) is 14.3 Å². The minimum atomic E-state index is -1.18. The zero-order valence-electron chi connectivity index (χ0n) is 19.2. The number of thioether (sulfide) groups is 1. The molecule has 0 saturated carbocycles. The van der Waals surface area contributed by atoms with E-state index in [0.29, 0.717) is 17.9 Å². The molecule has 0 radical (unpaired) electrons. The quantitative estimate of drug-likeness (QED) is 0.161. The molecule has 36 heavy (non-hydrogen) atoms. The Hall–Kier alpha value is -3.43. The van der Waals surface area contributed by atoms with E-state index in [0.717, 1.165) is 22.6 Å². The Bertz CT molecular complexity index is 1440. The van der Waals surface area contributed by atoms with Crippen molar-refractivity contribution in [1.29, 1.82) is 0 Å². The van der Waals surface area contributed by atoms with Crippen molar-refractivity contribution in [1.82, 2.24) is 19.6 Å². The maximum Gasteiger partial charge on any atom is 0.352 e. The van der Waals surface area contributed by atoms with Crippen LogP contribution < -0.4 is 15.6 Å². The van der Waals surface area contributed by atoms with Gasteiger partial charge in [-0.2, -0.15) is 4.40 Å². The second-order valence-electron chi connectivity index (χ2n) is 8.02. The number of imidazole rings is 1. The third-order valence-corrected chi connectivity index (χ3v) is 8.78. The van der Waals surface area contributed by atoms with Crippen molar-refractivity contribution in [3.63, 3.8) is 0 Å². The number of aromatic nitrogens is 3. The van der Waals surface area contributed by atoms with Gasteiger partial charge < -0.3 is 21.0 Å². The fourth-order valence-corrected chi connectivity index (χ4v) is 7.09. The molecule has 12 nitrogen and oxygen atoms in total. The molecule has 15 heteroatoms. The van der Waals surface area contributed by atoms with Crippen molar-refractivity contribution in [2.45, 2.75) is 31.3 Å². The minimum Gasteiger partial charge on any atom is -0.477 e. The number of hydrogen-bond donors (Lipinski definition) is 3. The van der Waals surface area contributed by atoms with Crippen LogP contribution in [0.5, 0.6) is 0 Å². The van der Waals surface area contributed by atoms with E-state index in [1.165, 1.54) is 29.5 Å². The van der Waals surface area contributed by atoms with Crippen molar-refractivity contribution in [2.75, 3.05) is 18.6 Å². The van der Waals surface area contributed by atoms with Gasteiger partial charge in [0.05, 0.1) is 0 Å². The second-order valence-corrected chi connectivity index (χ2v) is 10.9. The summed E-state index contributed by atoms with van der Waals surface area (Å²) in [5.74, 6) is -1.94. The van der Waals surface area contributed by atoms with Gasteiger partial charge in [-0.15, -0.1) is 23.1 Å². The number of nitrogens with zero attached hydrogens (tertiary/aromatic N) is 5. The van der Waals surface area contributed by atoms with Crippen LogP contribution in [0.3, 0.4) is 0 Å². The van der Waals surface area contributed by atoms with Gasteiger partial charge in [0.15, 0.2) is 10.8 Å². The summed E-state index contributed by atoms with van der Waals surface area (Å²) in [5.41, 5.74) is 7.52. The summed E-state index contributed by atoms with van der Waals surface area (Å²) < 4.78 is 4.01. The first kappa shape index (κ1) is 24.3. The van der Waals surface area contributed by atoms with Crippen molar-refractivity contribution < 1.29 is 28.9 Å². The number of nitrogens with one attached hydrogen (secondary N) is 1. The molecule has 0 unspecified atom stereocenters. The Morgan fingerprint density at radius 3 is 2.86 bits per heavy atom. The number of fused-ring (bicyclic) bond motifs is 2. The lowest BCUT2D eigenvalue weighted by atomic mass is 10.0. The van der Waals surface area contributed by atoms with Crippen LogP contribution >= 0.6 is 34.4 Å². The highest BCUT2D eigenvalue weighted by Gasteiger charge is 2.54. The lowest BCUT2D eigenvalue weighted by Crippen LogP contribution is -2.71. The number of carbonyl (C=O) groups is 3. The largest absolute Gasteiger partial charge is 0.477 e. The van der Waals surface area contributed by atoms with Gasteiger partial charge in [-0.1, -0.05) is 23.4 Å². The number of β-lactam (4-membered cyclic amide) rings is 1. The average Bonchev–Trinajstić information content (AvgIpc) is 3.56. The summed E-state index contributed by atoms with van der Waals surface area (Å²) in [5, 5.41) is 19.7. The molecule has 3 aromatic rings. The van der Waals surface area contributed by atoms with Gasteiger partial charge in [-0.3, -0.25) is 14.5 Å². The number of carbonyl (C=O) groups excluding carboxylic acids is 2. The summed E-state index contributed by atoms with van der Waals surface area (Å²) in [7, 11) is 1.29. The Labute approximate surface area is 217 Å². The highest BCUT2D eigenvalue weighted by Crippen LogP contribution is 2.40. The molecule has 0 spiro atoms. The molecule has 2 aliphatic heterocycles. The molecule has 2 atom stereocenters. The molecule has 5 rings (SSSR count). The second kappa shape index (κ2) is 9.55. The molecule has 0 bridgehead atoms. The third-order valence-electron chi connectivity index (χ3n) is 5.84. The topological polar surface area (TPSA) is 156 Å². The third kappa shape index (κ3) is 4.12. The number of nitrogens with two attached hydrogens (primary N) is 1. The average molecular weight is 549 g/mol. The number of oxime groups is 1. The highest BCUT2D eigenvalue weighted by atomic mass is 32.2. The Balaban J connectivity index is 1.35. The van der Waals surface area contributed by atoms with Crippen molar-refractivity contribution >= 4 is 67.9 Å². The standard InChI is InChI=1S/C21H21N7O5S3/c1-3-11-7-34-13-5-26(9-27(11)13)4-10-6-35-19-15(18(30)28(19)16(10)20(31)32)24-17(29)14(25-33-2)12-8-36-21(22)23-12/h5,7-9,15,19H,3-4,6H2,1-2H3,(H3-,22,23,24,29,31,32)/p+1/b25-14-/t15-,19-/m1/s1. The number of rotatable bonds is 8. The Kier molecular flexibility index (Phi) is 6.44. The number of nitrogen functional groups attached to an aromatic ring is 1. The zero-order chi connectivity index (χ0) is 25.6. The SMILES string of the molecule is CCc1csc2c[n+](CC3=C(C(=O)O)N4C(=O)[C@@H](NC(=O)/C(=N\OC)c5csc(N)n5)[C@H]4SC3)cn12. The first-order valence-electron chi connectivity index (χ1n) is 10.8. The molecule has 0 aromatic carbocycles. The first-order valence-corrected chi connectivity index (χ1v) is 13.6. The fourth-order valence-electron chi connectivity index (χ4n) is 4.20. The highest BCUT2D eigenvalue weighted by molar-refractivity contribution is 8.00. The van der Waals surface area contributed by atoms with Gasteiger partial charge in [-0.05, 0) is 0 Å². The molecule has 5 heterocycles. The number of anilines is 1. The number of aliphatic carboxylic acids is 1. The van der Waals surface area contributed by atoms with Gasteiger partial charge in [0.25, 0.3) is 11.8 Å². The fraction of sp³-hybridized carbons (Fsp3) is 0.333.